The molecule has 1 aromatic heterocycles. The van der Waals surface area contributed by atoms with Crippen molar-refractivity contribution in [3.05, 3.63) is 16.4 Å². The molecule has 4 heteroatoms. The van der Waals surface area contributed by atoms with Crippen LogP contribution < -0.4 is 5.32 Å². The van der Waals surface area contributed by atoms with E-state index in [9.17, 15) is 0 Å². The Kier molecular flexibility index (Phi) is 4.61. The van der Waals surface area contributed by atoms with E-state index >= 15 is 0 Å². The molecule has 3 nitrogen and oxygen atoms in total. The maximum atomic E-state index is 6.18. The highest BCUT2D eigenvalue weighted by molar-refractivity contribution is 6.31. The van der Waals surface area contributed by atoms with Crippen molar-refractivity contribution in [3.63, 3.8) is 0 Å². The minimum Gasteiger partial charge on any atom is -0.317 e. The van der Waals surface area contributed by atoms with Crippen LogP contribution in [0.3, 0.4) is 0 Å². The lowest BCUT2D eigenvalue weighted by molar-refractivity contribution is 0.500. The Labute approximate surface area is 96.8 Å². The molecule has 0 saturated carbocycles. The van der Waals surface area contributed by atoms with Crippen LogP contribution >= 0.6 is 11.6 Å². The normalized spacial score (nSPS) is 13.1. The van der Waals surface area contributed by atoms with Crippen LogP contribution in [0.2, 0.25) is 5.02 Å². The predicted octanol–water partition coefficient (Wildman–Crippen LogP) is 2.31. The number of hydrogen-bond donors (Lipinski definition) is 1. The molecule has 0 bridgehead atoms. The van der Waals surface area contributed by atoms with Gasteiger partial charge in [-0.25, -0.2) is 0 Å². The van der Waals surface area contributed by atoms with Gasteiger partial charge in [-0.05, 0) is 33.2 Å². The van der Waals surface area contributed by atoms with Crippen molar-refractivity contribution in [2.75, 3.05) is 7.05 Å². The highest BCUT2D eigenvalue weighted by atomic mass is 35.5. The summed E-state index contributed by atoms with van der Waals surface area (Å²) < 4.78 is 1.89. The highest BCUT2D eigenvalue weighted by Crippen LogP contribution is 2.21. The second-order valence-electron chi connectivity index (χ2n) is 3.90. The molecular weight excluding hydrogens is 210 g/mol. The number of aromatic nitrogens is 2. The molecule has 1 N–H and O–H groups in total. The molecule has 1 unspecified atom stereocenters. The Balaban J connectivity index is 2.64. The van der Waals surface area contributed by atoms with Crippen LogP contribution in [0.1, 0.15) is 31.2 Å². The van der Waals surface area contributed by atoms with Crippen LogP contribution in [-0.2, 0) is 13.5 Å². The third-order valence-electron chi connectivity index (χ3n) is 2.89. The van der Waals surface area contributed by atoms with Gasteiger partial charge in [-0.1, -0.05) is 18.5 Å². The van der Waals surface area contributed by atoms with Gasteiger partial charge >= 0.3 is 0 Å². The Hall–Kier alpha value is -0.540. The fourth-order valence-electron chi connectivity index (χ4n) is 1.82. The standard InChI is InChI=1S/C11H20ClN3/c1-5-9(13-3)6-7-10-11(12)8(2)14-15(10)4/h9,13H,5-7H2,1-4H3. The third kappa shape index (κ3) is 2.95. The van der Waals surface area contributed by atoms with Crippen molar-refractivity contribution in [2.24, 2.45) is 7.05 Å². The zero-order valence-corrected chi connectivity index (χ0v) is 10.7. The monoisotopic (exact) mass is 229 g/mol. The Bertz CT molecular complexity index is 316. The number of rotatable bonds is 5. The lowest BCUT2D eigenvalue weighted by Gasteiger charge is -2.13. The first-order chi connectivity index (χ1) is 7.10. The lowest BCUT2D eigenvalue weighted by atomic mass is 10.1. The smallest absolute Gasteiger partial charge is 0.0846 e. The van der Waals surface area contributed by atoms with Crippen LogP contribution in [0.5, 0.6) is 0 Å². The Morgan fingerprint density at radius 1 is 1.53 bits per heavy atom. The summed E-state index contributed by atoms with van der Waals surface area (Å²) in [6.07, 6.45) is 3.23. The molecule has 0 aliphatic carbocycles. The number of halogens is 1. The fraction of sp³-hybridized carbons (Fsp3) is 0.727. The zero-order valence-electron chi connectivity index (χ0n) is 9.97. The molecule has 1 atom stereocenters. The van der Waals surface area contributed by atoms with Crippen LogP contribution in [0, 0.1) is 6.92 Å². The summed E-state index contributed by atoms with van der Waals surface area (Å²) in [6, 6.07) is 0.566. The summed E-state index contributed by atoms with van der Waals surface area (Å²) in [4.78, 5) is 0. The molecule has 0 aliphatic heterocycles. The Morgan fingerprint density at radius 2 is 2.20 bits per heavy atom. The van der Waals surface area contributed by atoms with Gasteiger partial charge in [-0.2, -0.15) is 5.10 Å². The van der Waals surface area contributed by atoms with Crippen LogP contribution in [0.25, 0.3) is 0 Å². The SMILES string of the molecule is CCC(CCc1c(Cl)c(C)nn1C)NC. The van der Waals surface area contributed by atoms with Crippen LogP contribution in [0.4, 0.5) is 0 Å². The molecule has 15 heavy (non-hydrogen) atoms. The minimum atomic E-state index is 0.566. The van der Waals surface area contributed by atoms with Gasteiger partial charge in [0.05, 0.1) is 16.4 Å². The van der Waals surface area contributed by atoms with Gasteiger partial charge in [0, 0.05) is 13.1 Å². The summed E-state index contributed by atoms with van der Waals surface area (Å²) in [5.74, 6) is 0. The molecule has 1 aromatic rings. The number of nitrogens with one attached hydrogen (secondary N) is 1. The first kappa shape index (κ1) is 12.5. The van der Waals surface area contributed by atoms with E-state index in [4.69, 9.17) is 11.6 Å². The molecule has 1 heterocycles. The van der Waals surface area contributed by atoms with Gasteiger partial charge in [0.1, 0.15) is 0 Å². The largest absolute Gasteiger partial charge is 0.317 e. The van der Waals surface area contributed by atoms with Gasteiger partial charge in [-0.15, -0.1) is 0 Å². The molecular formula is C11H20ClN3. The molecule has 0 spiro atoms. The molecule has 86 valence electrons. The van der Waals surface area contributed by atoms with Gasteiger partial charge in [0.15, 0.2) is 0 Å². The van der Waals surface area contributed by atoms with Gasteiger partial charge < -0.3 is 5.32 Å². The number of nitrogens with zero attached hydrogens (tertiary/aromatic N) is 2. The second-order valence-corrected chi connectivity index (χ2v) is 4.28. The molecule has 0 amide bonds. The summed E-state index contributed by atoms with van der Waals surface area (Å²) in [5, 5.41) is 8.42. The van der Waals surface area contributed by atoms with E-state index in [1.54, 1.807) is 0 Å². The van der Waals surface area contributed by atoms with E-state index in [0.717, 1.165) is 35.7 Å². The van der Waals surface area contributed by atoms with Crippen molar-refractivity contribution in [1.82, 2.24) is 15.1 Å². The molecule has 0 aliphatic rings. The average Bonchev–Trinajstić information content (AvgIpc) is 2.45. The van der Waals surface area contributed by atoms with E-state index < -0.39 is 0 Å². The van der Waals surface area contributed by atoms with Crippen LogP contribution in [0.15, 0.2) is 0 Å². The van der Waals surface area contributed by atoms with Crippen molar-refractivity contribution < 1.29 is 0 Å². The average molecular weight is 230 g/mol. The third-order valence-corrected chi connectivity index (χ3v) is 3.38. The van der Waals surface area contributed by atoms with Gasteiger partial charge in [0.2, 0.25) is 0 Å². The highest BCUT2D eigenvalue weighted by Gasteiger charge is 2.12. The Morgan fingerprint density at radius 3 is 2.60 bits per heavy atom. The van der Waals surface area contributed by atoms with E-state index in [0.29, 0.717) is 6.04 Å². The van der Waals surface area contributed by atoms with Crippen molar-refractivity contribution in [3.8, 4) is 0 Å². The van der Waals surface area contributed by atoms with Crippen molar-refractivity contribution in [1.29, 1.82) is 0 Å². The molecule has 1 rings (SSSR count). The summed E-state index contributed by atoms with van der Waals surface area (Å²) >= 11 is 6.18. The van der Waals surface area contributed by atoms with Gasteiger partial charge in [-0.3, -0.25) is 4.68 Å². The summed E-state index contributed by atoms with van der Waals surface area (Å²) in [5.41, 5.74) is 2.06. The number of hydrogen-bond acceptors (Lipinski definition) is 2. The van der Waals surface area contributed by atoms with Gasteiger partial charge in [0.25, 0.3) is 0 Å². The van der Waals surface area contributed by atoms with Crippen LogP contribution in [-0.4, -0.2) is 22.9 Å². The molecule has 0 aromatic carbocycles. The van der Waals surface area contributed by atoms with E-state index in [-0.39, 0.29) is 0 Å². The van der Waals surface area contributed by atoms with Crippen molar-refractivity contribution >= 4 is 11.6 Å². The second kappa shape index (κ2) is 5.52. The minimum absolute atomic E-state index is 0.566. The maximum Gasteiger partial charge on any atom is 0.0846 e. The van der Waals surface area contributed by atoms with E-state index in [2.05, 4.69) is 17.3 Å². The zero-order chi connectivity index (χ0) is 11.4. The van der Waals surface area contributed by atoms with E-state index in [1.165, 1.54) is 0 Å². The first-order valence-electron chi connectivity index (χ1n) is 5.45. The summed E-state index contributed by atoms with van der Waals surface area (Å²) in [6.45, 7) is 4.14. The topological polar surface area (TPSA) is 29.9 Å². The molecule has 0 radical (unpaired) electrons. The molecule has 0 fully saturated rings. The molecule has 0 saturated heterocycles. The maximum absolute atomic E-state index is 6.18. The lowest BCUT2D eigenvalue weighted by Crippen LogP contribution is -2.25. The summed E-state index contributed by atoms with van der Waals surface area (Å²) in [7, 11) is 3.96. The van der Waals surface area contributed by atoms with Crippen molar-refractivity contribution in [2.45, 2.75) is 39.2 Å². The first-order valence-corrected chi connectivity index (χ1v) is 5.83. The quantitative estimate of drug-likeness (QED) is 0.840. The number of aryl methyl sites for hydroxylation is 2. The van der Waals surface area contributed by atoms with E-state index in [1.807, 2.05) is 25.7 Å². The fourth-order valence-corrected chi connectivity index (χ4v) is 2.07. The predicted molar refractivity (Wildman–Crippen MR) is 64.4 cm³/mol.